The molecule has 0 amide bonds. The van der Waals surface area contributed by atoms with Crippen molar-refractivity contribution in [3.8, 4) is 11.6 Å². The molecule has 1 N–H and O–H groups in total. The number of aromatic carboxylic acids is 1. The fraction of sp³-hybridized carbons (Fsp3) is 0.154. The van der Waals surface area contributed by atoms with Gasteiger partial charge in [0.2, 0.25) is 5.82 Å². The second-order valence-corrected chi connectivity index (χ2v) is 4.25. The molecule has 7 heteroatoms. The minimum Gasteiger partial charge on any atom is -0.478 e. The van der Waals surface area contributed by atoms with Gasteiger partial charge in [-0.15, -0.1) is 0 Å². The van der Waals surface area contributed by atoms with Gasteiger partial charge in [0.05, 0.1) is 16.3 Å². The Balaban J connectivity index is 2.35. The van der Waals surface area contributed by atoms with Gasteiger partial charge in [0.1, 0.15) is 12.1 Å². The zero-order chi connectivity index (χ0) is 14.7. The van der Waals surface area contributed by atoms with Gasteiger partial charge in [0.25, 0.3) is 5.88 Å². The quantitative estimate of drug-likeness (QED) is 0.937. The number of carboxylic acid groups (broad SMARTS) is 1. The lowest BCUT2D eigenvalue weighted by atomic mass is 10.2. The monoisotopic (exact) mass is 296 g/mol. The molecule has 20 heavy (non-hydrogen) atoms. The van der Waals surface area contributed by atoms with Crippen molar-refractivity contribution in [2.24, 2.45) is 0 Å². The van der Waals surface area contributed by atoms with Gasteiger partial charge in [-0.3, -0.25) is 0 Å². The van der Waals surface area contributed by atoms with Gasteiger partial charge in [0, 0.05) is 0 Å². The number of benzene rings is 1. The zero-order valence-electron chi connectivity index (χ0n) is 10.4. The molecule has 104 valence electrons. The normalized spacial score (nSPS) is 10.3. The smallest absolute Gasteiger partial charge is 0.337 e. The highest BCUT2D eigenvalue weighted by Crippen LogP contribution is 2.27. The summed E-state index contributed by atoms with van der Waals surface area (Å²) in [6.07, 6.45) is 1.58. The van der Waals surface area contributed by atoms with Crippen molar-refractivity contribution in [2.75, 3.05) is 0 Å². The summed E-state index contributed by atoms with van der Waals surface area (Å²) in [5.41, 5.74) is 0.0942. The Labute approximate surface area is 119 Å². The predicted octanol–water partition coefficient (Wildman–Crippen LogP) is 3.32. The van der Waals surface area contributed by atoms with Gasteiger partial charge < -0.3 is 9.84 Å². The first-order valence-corrected chi connectivity index (χ1v) is 6.10. The van der Waals surface area contributed by atoms with Gasteiger partial charge >= 0.3 is 5.97 Å². The summed E-state index contributed by atoms with van der Waals surface area (Å²) in [4.78, 5) is 18.4. The Morgan fingerprint density at radius 1 is 1.45 bits per heavy atom. The molecule has 0 radical (unpaired) electrons. The molecule has 0 atom stereocenters. The standard InChI is InChI=1S/C13H10ClFN2O3/c1-2-10-11(15)12(17-6-16-10)20-7-3-4-9(14)8(5-7)13(18)19/h3-6H,2H2,1H3,(H,18,19). The van der Waals surface area contributed by atoms with Crippen LogP contribution < -0.4 is 4.74 Å². The molecule has 0 aliphatic heterocycles. The molecule has 0 saturated heterocycles. The van der Waals surface area contributed by atoms with Crippen LogP contribution in [0.4, 0.5) is 4.39 Å². The summed E-state index contributed by atoms with van der Waals surface area (Å²) in [5.74, 6) is -1.98. The topological polar surface area (TPSA) is 72.3 Å². The van der Waals surface area contributed by atoms with Gasteiger partial charge in [0.15, 0.2) is 0 Å². The maximum Gasteiger partial charge on any atom is 0.337 e. The third kappa shape index (κ3) is 2.85. The van der Waals surface area contributed by atoms with Crippen LogP contribution in [0.15, 0.2) is 24.5 Å². The lowest BCUT2D eigenvalue weighted by molar-refractivity contribution is 0.0696. The molecule has 0 saturated carbocycles. The minimum atomic E-state index is -1.20. The van der Waals surface area contributed by atoms with E-state index in [9.17, 15) is 9.18 Å². The average Bonchev–Trinajstić information content (AvgIpc) is 2.43. The van der Waals surface area contributed by atoms with Crippen molar-refractivity contribution >= 4 is 17.6 Å². The van der Waals surface area contributed by atoms with Crippen LogP contribution in [0.5, 0.6) is 11.6 Å². The number of halogens is 2. The Bertz CT molecular complexity index is 664. The first-order chi connectivity index (χ1) is 9.52. The molecule has 2 aromatic rings. The van der Waals surface area contributed by atoms with Gasteiger partial charge in [-0.25, -0.2) is 9.78 Å². The molecule has 0 aliphatic carbocycles. The molecule has 5 nitrogen and oxygen atoms in total. The maximum absolute atomic E-state index is 13.9. The highest BCUT2D eigenvalue weighted by Gasteiger charge is 2.14. The summed E-state index contributed by atoms with van der Waals surface area (Å²) >= 11 is 5.74. The van der Waals surface area contributed by atoms with Crippen LogP contribution in [0.2, 0.25) is 5.02 Å². The lowest BCUT2D eigenvalue weighted by Gasteiger charge is -2.08. The van der Waals surface area contributed by atoms with Crippen molar-refractivity contribution in [2.45, 2.75) is 13.3 Å². The first kappa shape index (κ1) is 14.2. The van der Waals surface area contributed by atoms with Gasteiger partial charge in [-0.1, -0.05) is 18.5 Å². The van der Waals surface area contributed by atoms with Gasteiger partial charge in [-0.2, -0.15) is 9.37 Å². The molecular weight excluding hydrogens is 287 g/mol. The third-order valence-corrected chi connectivity index (χ3v) is 2.88. The lowest BCUT2D eigenvalue weighted by Crippen LogP contribution is -2.01. The number of hydrogen-bond acceptors (Lipinski definition) is 4. The Morgan fingerprint density at radius 2 is 2.20 bits per heavy atom. The van der Waals surface area contributed by atoms with E-state index in [0.29, 0.717) is 6.42 Å². The number of carbonyl (C=O) groups is 1. The van der Waals surface area contributed by atoms with Crippen LogP contribution in [-0.4, -0.2) is 21.0 Å². The van der Waals surface area contributed by atoms with Crippen LogP contribution in [0.25, 0.3) is 0 Å². The Kier molecular flexibility index (Phi) is 4.14. The van der Waals surface area contributed by atoms with E-state index in [1.807, 2.05) is 0 Å². The number of rotatable bonds is 4. The summed E-state index contributed by atoms with van der Waals surface area (Å²) in [6.45, 7) is 1.75. The van der Waals surface area contributed by atoms with Crippen molar-refractivity contribution in [1.82, 2.24) is 9.97 Å². The second kappa shape index (κ2) is 5.83. The van der Waals surface area contributed by atoms with E-state index in [1.165, 1.54) is 24.5 Å². The van der Waals surface area contributed by atoms with Crippen LogP contribution in [-0.2, 0) is 6.42 Å². The Hall–Kier alpha value is -2.21. The van der Waals surface area contributed by atoms with E-state index in [-0.39, 0.29) is 27.9 Å². The molecule has 0 spiro atoms. The average molecular weight is 297 g/mol. The summed E-state index contributed by atoms with van der Waals surface area (Å²) in [5, 5.41) is 9.02. The van der Waals surface area contributed by atoms with Crippen LogP contribution in [0, 0.1) is 5.82 Å². The highest BCUT2D eigenvalue weighted by atomic mass is 35.5. The van der Waals surface area contributed by atoms with E-state index in [0.717, 1.165) is 0 Å². The van der Waals surface area contributed by atoms with Crippen LogP contribution in [0.3, 0.4) is 0 Å². The van der Waals surface area contributed by atoms with Crippen molar-refractivity contribution < 1.29 is 19.0 Å². The molecule has 0 aliphatic rings. The third-order valence-electron chi connectivity index (χ3n) is 2.55. The number of ether oxygens (including phenoxy) is 1. The highest BCUT2D eigenvalue weighted by molar-refractivity contribution is 6.33. The number of aryl methyl sites for hydroxylation is 1. The van der Waals surface area contributed by atoms with Crippen molar-refractivity contribution in [1.29, 1.82) is 0 Å². The maximum atomic E-state index is 13.9. The molecule has 1 aromatic carbocycles. The van der Waals surface area contributed by atoms with E-state index in [1.54, 1.807) is 6.92 Å². The molecule has 0 fully saturated rings. The number of carboxylic acids is 1. The molecule has 1 aromatic heterocycles. The number of aromatic nitrogens is 2. The van der Waals surface area contributed by atoms with Crippen LogP contribution >= 0.6 is 11.6 Å². The molecule has 1 heterocycles. The van der Waals surface area contributed by atoms with Crippen molar-refractivity contribution in [3.05, 3.63) is 46.6 Å². The molecule has 0 unspecified atom stereocenters. The number of hydrogen-bond donors (Lipinski definition) is 1. The predicted molar refractivity (Wildman–Crippen MR) is 69.9 cm³/mol. The summed E-state index contributed by atoms with van der Waals surface area (Å²) in [6, 6.07) is 4.00. The van der Waals surface area contributed by atoms with Gasteiger partial charge in [-0.05, 0) is 24.6 Å². The number of nitrogens with zero attached hydrogens (tertiary/aromatic N) is 2. The Morgan fingerprint density at radius 3 is 2.85 bits per heavy atom. The van der Waals surface area contributed by atoms with E-state index in [2.05, 4.69) is 9.97 Å². The van der Waals surface area contributed by atoms with E-state index >= 15 is 0 Å². The fourth-order valence-corrected chi connectivity index (χ4v) is 1.75. The first-order valence-electron chi connectivity index (χ1n) is 5.73. The molecular formula is C13H10ClFN2O3. The largest absolute Gasteiger partial charge is 0.478 e. The molecule has 2 rings (SSSR count). The SMILES string of the molecule is CCc1ncnc(Oc2ccc(Cl)c(C(=O)O)c2)c1F. The second-order valence-electron chi connectivity index (χ2n) is 3.84. The fourth-order valence-electron chi connectivity index (χ4n) is 1.55. The minimum absolute atomic E-state index is 0.0715. The summed E-state index contributed by atoms with van der Waals surface area (Å²) < 4.78 is 19.2. The van der Waals surface area contributed by atoms with E-state index < -0.39 is 11.8 Å². The van der Waals surface area contributed by atoms with Crippen molar-refractivity contribution in [3.63, 3.8) is 0 Å². The summed E-state index contributed by atoms with van der Waals surface area (Å²) in [7, 11) is 0. The zero-order valence-corrected chi connectivity index (χ0v) is 11.2. The van der Waals surface area contributed by atoms with E-state index in [4.69, 9.17) is 21.4 Å². The van der Waals surface area contributed by atoms with Crippen LogP contribution in [0.1, 0.15) is 23.0 Å². The molecule has 0 bridgehead atoms.